The number of fused-ring (bicyclic) bond motifs is 4. The number of nitro groups is 2. The number of hydrogen-bond donors (Lipinski definition) is 3. The zero-order valence-electron chi connectivity index (χ0n) is 54.2. The fraction of sp³-hybridized carbons (Fsp3) is 0.339. The number of nitrogens with two attached hydrogens (primary N) is 1. The highest BCUT2D eigenvalue weighted by Crippen LogP contribution is 2.26. The lowest BCUT2D eigenvalue weighted by molar-refractivity contribution is -0.384. The van der Waals surface area contributed by atoms with Crippen LogP contribution in [0.1, 0.15) is 111 Å². The summed E-state index contributed by atoms with van der Waals surface area (Å²) < 4.78 is 33.2. The molecule has 6 aromatic heterocycles. The van der Waals surface area contributed by atoms with Crippen molar-refractivity contribution in [2.45, 2.75) is 139 Å². The number of ether oxygens (including phenoxy) is 6. The van der Waals surface area contributed by atoms with E-state index in [0.717, 1.165) is 32.0 Å². The van der Waals surface area contributed by atoms with Gasteiger partial charge in [-0.05, 0) is 188 Å². The van der Waals surface area contributed by atoms with Gasteiger partial charge < -0.3 is 39.5 Å². The van der Waals surface area contributed by atoms with Gasteiger partial charge in [0.2, 0.25) is 10.6 Å². The normalized spacial score (nSPS) is 11.1. The second-order valence-electron chi connectivity index (χ2n) is 24.6. The fourth-order valence-corrected chi connectivity index (χ4v) is 7.64. The van der Waals surface area contributed by atoms with Crippen molar-refractivity contribution in [1.82, 2.24) is 59.5 Å². The van der Waals surface area contributed by atoms with Crippen LogP contribution in [0.4, 0.5) is 52.5 Å². The van der Waals surface area contributed by atoms with E-state index < -0.39 is 68.4 Å². The highest BCUT2D eigenvalue weighted by molar-refractivity contribution is 6.31. The first-order chi connectivity index (χ1) is 44.0. The molecule has 31 nitrogen and oxygen atoms in total. The first-order valence-electron chi connectivity index (χ1n) is 28.2. The number of carbonyl (C=O) groups is 5. The first kappa shape index (κ1) is 77.8. The molecule has 512 valence electrons. The number of non-ortho nitro benzene ring substituents is 2. The highest BCUT2D eigenvalue weighted by Gasteiger charge is 2.26. The largest absolute Gasteiger partial charge is 0.519 e. The molecule has 10 aromatic rings. The molecule has 0 saturated heterocycles. The molecule has 0 atom stereocenters. The average Bonchev–Trinajstić information content (AvgIpc) is 1.66. The maximum absolute atomic E-state index is 12.2. The number of rotatable bonds is 4. The molecule has 0 spiro atoms. The second kappa shape index (κ2) is 32.9. The Kier molecular flexibility index (Phi) is 26.7. The molecule has 0 bridgehead atoms. The molecule has 96 heavy (non-hydrogen) atoms. The molecular formula is C62H73Cl3N16O15. The molecular weight excluding hydrogens is 1320 g/mol. The minimum Gasteiger partial charge on any atom is -0.442 e. The summed E-state index contributed by atoms with van der Waals surface area (Å²) in [6, 6.07) is 22.7. The van der Waals surface area contributed by atoms with E-state index in [4.69, 9.17) is 64.2 Å². The molecule has 0 aliphatic heterocycles. The van der Waals surface area contributed by atoms with E-state index in [1.54, 1.807) is 130 Å². The lowest BCUT2D eigenvalue weighted by atomic mass is 10.2. The Bertz CT molecular complexity index is 4320. The van der Waals surface area contributed by atoms with Crippen LogP contribution in [0.25, 0.3) is 43.6 Å². The van der Waals surface area contributed by atoms with Crippen LogP contribution in [-0.4, -0.2) is 128 Å². The van der Waals surface area contributed by atoms with E-state index >= 15 is 0 Å². The first-order valence-corrected chi connectivity index (χ1v) is 29.3. The number of nitrogens with one attached hydrogen (secondary N) is 2. The van der Waals surface area contributed by atoms with Crippen molar-refractivity contribution in [1.29, 1.82) is 0 Å². The third-order valence-electron chi connectivity index (χ3n) is 10.7. The van der Waals surface area contributed by atoms with Crippen LogP contribution in [0, 0.1) is 20.2 Å². The van der Waals surface area contributed by atoms with Crippen LogP contribution in [0.5, 0.6) is 0 Å². The smallest absolute Gasteiger partial charge is 0.442 e. The topological polar surface area (TPSA) is 399 Å². The maximum Gasteiger partial charge on any atom is 0.519 e. The second-order valence-corrected chi connectivity index (χ2v) is 25.7. The number of carbonyl (C=O) groups excluding carboxylic acids is 5. The summed E-state index contributed by atoms with van der Waals surface area (Å²) in [5.74, 6) is 0.578. The zero-order valence-corrected chi connectivity index (χ0v) is 56.5. The predicted molar refractivity (Wildman–Crippen MR) is 361 cm³/mol. The number of aromatic nitrogens is 12. The summed E-state index contributed by atoms with van der Waals surface area (Å²) in [6.07, 6.45) is 5.48. The van der Waals surface area contributed by atoms with E-state index in [-0.39, 0.29) is 29.4 Å². The molecule has 0 aliphatic rings. The summed E-state index contributed by atoms with van der Waals surface area (Å²) >= 11 is 16.5. The highest BCUT2D eigenvalue weighted by atomic mass is 35.5. The van der Waals surface area contributed by atoms with E-state index in [0.29, 0.717) is 38.6 Å². The van der Waals surface area contributed by atoms with Crippen LogP contribution in [0.3, 0.4) is 0 Å². The van der Waals surface area contributed by atoms with Gasteiger partial charge in [-0.1, -0.05) is 19.0 Å². The van der Waals surface area contributed by atoms with E-state index in [1.165, 1.54) is 52.1 Å². The maximum atomic E-state index is 12.2. The lowest BCUT2D eigenvalue weighted by Gasteiger charge is -2.20. The van der Waals surface area contributed by atoms with Crippen LogP contribution in [-0.2, 0) is 28.4 Å². The monoisotopic (exact) mass is 1390 g/mol. The Hall–Kier alpha value is -10.7. The summed E-state index contributed by atoms with van der Waals surface area (Å²) in [6.45, 7) is 26.1. The van der Waals surface area contributed by atoms with Crippen molar-refractivity contribution < 1.29 is 62.2 Å². The number of hydrogen-bond acceptors (Lipinski definition) is 25. The van der Waals surface area contributed by atoms with Gasteiger partial charge in [0.15, 0.2) is 0 Å². The Labute approximate surface area is 565 Å². The molecule has 4 N–H and O–H groups in total. The number of aromatic amines is 1. The molecule has 0 unspecified atom stereocenters. The molecule has 0 fully saturated rings. The Morgan fingerprint density at radius 3 is 1.31 bits per heavy atom. The average molecular weight is 1390 g/mol. The number of nitrogens with zero attached hydrogens (tertiary/aromatic N) is 13. The van der Waals surface area contributed by atoms with Gasteiger partial charge in [0, 0.05) is 69.6 Å². The van der Waals surface area contributed by atoms with E-state index in [9.17, 15) is 44.2 Å². The van der Waals surface area contributed by atoms with Crippen LogP contribution in [0.15, 0.2) is 122 Å². The third-order valence-corrected chi connectivity index (χ3v) is 11.3. The van der Waals surface area contributed by atoms with Gasteiger partial charge in [-0.25, -0.2) is 43.9 Å². The van der Waals surface area contributed by atoms with Gasteiger partial charge in [0.05, 0.1) is 56.7 Å². The van der Waals surface area contributed by atoms with Gasteiger partial charge >= 0.3 is 30.6 Å². The van der Waals surface area contributed by atoms with Crippen molar-refractivity contribution in [3.63, 3.8) is 0 Å². The molecule has 0 saturated carbocycles. The van der Waals surface area contributed by atoms with Gasteiger partial charge in [0.1, 0.15) is 39.0 Å². The Morgan fingerprint density at radius 2 is 0.896 bits per heavy atom. The van der Waals surface area contributed by atoms with Crippen molar-refractivity contribution in [2.75, 3.05) is 11.1 Å². The molecule has 0 amide bonds. The van der Waals surface area contributed by atoms with Crippen molar-refractivity contribution in [3.8, 4) is 0 Å². The molecule has 0 radical (unpaired) electrons. The van der Waals surface area contributed by atoms with E-state index in [2.05, 4.69) is 55.5 Å². The molecule has 4 aromatic carbocycles. The number of nitrogen functional groups attached to an aromatic ring is 1. The number of halogens is 3. The summed E-state index contributed by atoms with van der Waals surface area (Å²) in [5, 5.41) is 46.2. The lowest BCUT2D eigenvalue weighted by Crippen LogP contribution is -2.29. The minimum atomic E-state index is -1.06. The Balaban J connectivity index is 0.000000251. The fourth-order valence-electron chi connectivity index (χ4n) is 7.17. The van der Waals surface area contributed by atoms with Gasteiger partial charge in [-0.15, -0.1) is 0 Å². The van der Waals surface area contributed by atoms with Crippen molar-refractivity contribution in [3.05, 3.63) is 158 Å². The van der Waals surface area contributed by atoms with Crippen LogP contribution in [0.2, 0.25) is 15.7 Å². The minimum absolute atomic E-state index is 0. The quantitative estimate of drug-likeness (QED) is 0.0215. The number of benzene rings is 4. The van der Waals surface area contributed by atoms with Gasteiger partial charge in [-0.3, -0.25) is 25.3 Å². The summed E-state index contributed by atoms with van der Waals surface area (Å²) in [7, 11) is 0. The predicted octanol–water partition coefficient (Wildman–Crippen LogP) is 15.9. The molecule has 6 heterocycles. The molecule has 0 aliphatic carbocycles. The van der Waals surface area contributed by atoms with Crippen molar-refractivity contribution >= 4 is 138 Å². The number of anilines is 3. The zero-order chi connectivity index (χ0) is 71.0. The van der Waals surface area contributed by atoms with E-state index in [1.807, 2.05) is 53.7 Å². The number of nitro benzene ring substituents is 2. The molecule has 10 rings (SSSR count). The third kappa shape index (κ3) is 26.0. The van der Waals surface area contributed by atoms with Crippen molar-refractivity contribution in [2.24, 2.45) is 0 Å². The van der Waals surface area contributed by atoms with Crippen LogP contribution < -0.4 is 11.1 Å². The van der Waals surface area contributed by atoms with Crippen LogP contribution >= 0.6 is 34.8 Å². The summed E-state index contributed by atoms with van der Waals surface area (Å²) in [5.41, 5.74) is 6.62. The summed E-state index contributed by atoms with van der Waals surface area (Å²) in [4.78, 5) is 93.2. The van der Waals surface area contributed by atoms with Gasteiger partial charge in [0.25, 0.3) is 11.4 Å². The van der Waals surface area contributed by atoms with Gasteiger partial charge in [-0.2, -0.15) is 34.4 Å². The molecule has 34 heteroatoms. The Morgan fingerprint density at radius 1 is 0.500 bits per heavy atom. The SMILES string of the molecule is C.CC(C)(C)OC(=O)OC(=O)OC(C)(C)C.CC(C)(C)OC(=O)n1ncc2cc(N)ccc21.CC(C)(C)OC(=O)n1ncc2cc(Nc3ccnc(Cl)n3)ccc21.CC(C)(C)OC(=O)n1ncc2cc([N+](=O)[O-])ccc21.Clc1ccnc(Cl)n1.O=[N+]([O-])c1ccc2[nH]ncc2c1. The number of H-pyrrole nitrogens is 1. The standard InChI is InChI=1S/C16H16ClN5O2.C12H13N3O4.C12H15N3O2.C10H18O5.C7H5N3O2.C4H2Cl2N2.CH4/c1-16(2,3)24-15(23)22-12-5-4-11(8-10(12)9-19-22)20-13-6-7-18-14(17)21-13;1-12(2,3)19-11(16)14-10-5-4-9(15(17)18)6-8(10)7-13-14;1-12(2,3)17-11(16)15-10-5-4-9(13)6-8(10)7-14-15;1-9(2,3)14-7(11)13-8(12)15-10(4,5)6;11-10(12)6-1-2-7-5(3-6)4-8-9-7;5-3-1-2-7-4(6)8-3;/h4-9H,1-3H3,(H,18,20,21);4-7H,1-3H3;4-7H,13H2,1-3H3;1-6H3;1-4H,(H,8,9);1-2H;1H4.